The van der Waals surface area contributed by atoms with Gasteiger partial charge in [-0.25, -0.2) is 0 Å². The van der Waals surface area contributed by atoms with Crippen molar-refractivity contribution in [3.8, 4) is 0 Å². The van der Waals surface area contributed by atoms with Gasteiger partial charge in [0.15, 0.2) is 5.92 Å². The van der Waals surface area contributed by atoms with Crippen LogP contribution in [-0.2, 0) is 0 Å². The van der Waals surface area contributed by atoms with Gasteiger partial charge in [-0.1, -0.05) is 29.5 Å². The Morgan fingerprint density at radius 2 is 1.11 bits per heavy atom. The van der Waals surface area contributed by atoms with Gasteiger partial charge < -0.3 is 0 Å². The highest BCUT2D eigenvalue weighted by molar-refractivity contribution is 14.1. The molecular formula is C8H8F9I. The van der Waals surface area contributed by atoms with E-state index < -0.39 is 40.7 Å². The zero-order valence-electron chi connectivity index (χ0n) is 8.72. The van der Waals surface area contributed by atoms with Crippen molar-refractivity contribution in [3.05, 3.63) is 0 Å². The highest BCUT2D eigenvalue weighted by Crippen LogP contribution is 2.45. The van der Waals surface area contributed by atoms with Crippen molar-refractivity contribution in [2.75, 3.05) is 0 Å². The first-order chi connectivity index (χ1) is 7.67. The van der Waals surface area contributed by atoms with Crippen LogP contribution in [0.3, 0.4) is 0 Å². The third-order valence-corrected chi connectivity index (χ3v) is 3.90. The molecule has 0 aliphatic heterocycles. The fourth-order valence-corrected chi connectivity index (χ4v) is 2.00. The van der Waals surface area contributed by atoms with Gasteiger partial charge in [0, 0.05) is 3.92 Å². The average Bonchev–Trinajstić information content (AvgIpc) is 2.07. The van der Waals surface area contributed by atoms with Crippen molar-refractivity contribution in [2.45, 2.75) is 35.8 Å². The molecule has 0 amide bonds. The van der Waals surface area contributed by atoms with Crippen LogP contribution in [0.25, 0.3) is 0 Å². The minimum Gasteiger partial charge on any atom is -0.171 e. The van der Waals surface area contributed by atoms with E-state index in [9.17, 15) is 39.5 Å². The number of rotatable bonds is 3. The highest BCUT2D eigenvalue weighted by Gasteiger charge is 2.58. The maximum atomic E-state index is 12.2. The summed E-state index contributed by atoms with van der Waals surface area (Å²) in [5, 5.41) is 0. The molecule has 0 spiro atoms. The summed E-state index contributed by atoms with van der Waals surface area (Å²) in [4.78, 5) is 0. The number of alkyl halides is 10. The largest absolute Gasteiger partial charge is 0.400 e. The molecule has 0 aromatic carbocycles. The standard InChI is InChI=1S/C8H8F9I/c1-3(6(9,10)11)4(18)2-5(7(12,13)14)8(15,16)17/h3-5H,2H2,1H3. The molecule has 0 heterocycles. The average molecular weight is 402 g/mol. The Morgan fingerprint density at radius 1 is 0.778 bits per heavy atom. The van der Waals surface area contributed by atoms with E-state index in [1.54, 1.807) is 0 Å². The lowest BCUT2D eigenvalue weighted by Gasteiger charge is -2.28. The molecule has 0 nitrogen and oxygen atoms in total. The van der Waals surface area contributed by atoms with E-state index in [2.05, 4.69) is 0 Å². The van der Waals surface area contributed by atoms with Crippen molar-refractivity contribution >= 4 is 22.6 Å². The van der Waals surface area contributed by atoms with Crippen LogP contribution < -0.4 is 0 Å². The smallest absolute Gasteiger partial charge is 0.171 e. The quantitative estimate of drug-likeness (QED) is 0.350. The van der Waals surface area contributed by atoms with Gasteiger partial charge in [-0.15, -0.1) is 0 Å². The zero-order chi connectivity index (χ0) is 14.9. The number of hydrogen-bond donors (Lipinski definition) is 0. The SMILES string of the molecule is CC(C(I)CC(C(F)(F)F)C(F)(F)F)C(F)(F)F. The molecule has 10 heteroatoms. The van der Waals surface area contributed by atoms with Crippen molar-refractivity contribution in [1.29, 1.82) is 0 Å². The van der Waals surface area contributed by atoms with Crippen LogP contribution in [0.2, 0.25) is 0 Å². The van der Waals surface area contributed by atoms with E-state index in [0.29, 0.717) is 6.92 Å². The summed E-state index contributed by atoms with van der Waals surface area (Å²) in [6.07, 6.45) is -17.7. The van der Waals surface area contributed by atoms with Gasteiger partial charge in [0.2, 0.25) is 0 Å². The lowest BCUT2D eigenvalue weighted by molar-refractivity contribution is -0.287. The van der Waals surface area contributed by atoms with Gasteiger partial charge in [0.1, 0.15) is 0 Å². The Kier molecular flexibility index (Phi) is 5.64. The predicted molar refractivity (Wildman–Crippen MR) is 53.2 cm³/mol. The zero-order valence-corrected chi connectivity index (χ0v) is 10.9. The van der Waals surface area contributed by atoms with E-state index in [0.717, 1.165) is 22.6 Å². The molecule has 0 saturated carbocycles. The van der Waals surface area contributed by atoms with Crippen molar-refractivity contribution < 1.29 is 39.5 Å². The number of halogens is 10. The first-order valence-corrected chi connectivity index (χ1v) is 5.76. The molecule has 0 N–H and O–H groups in total. The van der Waals surface area contributed by atoms with Gasteiger partial charge >= 0.3 is 18.5 Å². The topological polar surface area (TPSA) is 0 Å². The molecule has 0 fully saturated rings. The Balaban J connectivity index is 4.93. The predicted octanol–water partition coefficient (Wildman–Crippen LogP) is 5.12. The van der Waals surface area contributed by atoms with E-state index in [-0.39, 0.29) is 0 Å². The van der Waals surface area contributed by atoms with Gasteiger partial charge in [-0.2, -0.15) is 39.5 Å². The molecule has 110 valence electrons. The number of hydrogen-bond acceptors (Lipinski definition) is 0. The second-order valence-corrected chi connectivity index (χ2v) is 5.32. The maximum absolute atomic E-state index is 12.2. The van der Waals surface area contributed by atoms with Crippen LogP contribution in [0.1, 0.15) is 13.3 Å². The summed E-state index contributed by atoms with van der Waals surface area (Å²) in [6, 6.07) is 0. The molecule has 0 radical (unpaired) electrons. The van der Waals surface area contributed by atoms with Crippen LogP contribution in [0.15, 0.2) is 0 Å². The van der Waals surface area contributed by atoms with Gasteiger partial charge in [-0.3, -0.25) is 0 Å². The minimum absolute atomic E-state index is 0.556. The van der Waals surface area contributed by atoms with Crippen LogP contribution >= 0.6 is 22.6 Å². The van der Waals surface area contributed by atoms with E-state index in [4.69, 9.17) is 0 Å². The van der Waals surface area contributed by atoms with Crippen LogP contribution in [0, 0.1) is 11.8 Å². The lowest BCUT2D eigenvalue weighted by Crippen LogP contribution is -2.40. The molecule has 18 heavy (non-hydrogen) atoms. The van der Waals surface area contributed by atoms with Gasteiger partial charge in [0.05, 0.1) is 5.92 Å². The van der Waals surface area contributed by atoms with Crippen molar-refractivity contribution in [3.63, 3.8) is 0 Å². The molecule has 0 saturated heterocycles. The molecule has 0 aromatic heterocycles. The highest BCUT2D eigenvalue weighted by atomic mass is 127. The molecule has 2 unspecified atom stereocenters. The summed E-state index contributed by atoms with van der Waals surface area (Å²) in [5.41, 5.74) is 0. The van der Waals surface area contributed by atoms with Crippen molar-refractivity contribution in [1.82, 2.24) is 0 Å². The van der Waals surface area contributed by atoms with Crippen LogP contribution in [-0.4, -0.2) is 22.5 Å². The summed E-state index contributed by atoms with van der Waals surface area (Å²) in [7, 11) is 0. The summed E-state index contributed by atoms with van der Waals surface area (Å²) in [5.74, 6) is -5.98. The molecule has 0 aromatic rings. The lowest BCUT2D eigenvalue weighted by atomic mass is 9.95. The van der Waals surface area contributed by atoms with Crippen LogP contribution in [0.4, 0.5) is 39.5 Å². The Morgan fingerprint density at radius 3 is 1.33 bits per heavy atom. The van der Waals surface area contributed by atoms with Gasteiger partial charge in [-0.05, 0) is 6.42 Å². The second kappa shape index (κ2) is 5.61. The molecule has 0 bridgehead atoms. The first-order valence-electron chi connectivity index (χ1n) is 4.51. The Labute approximate surface area is 110 Å². The molecule has 0 aliphatic carbocycles. The monoisotopic (exact) mass is 402 g/mol. The van der Waals surface area contributed by atoms with Gasteiger partial charge in [0.25, 0.3) is 0 Å². The normalized spacial score (nSPS) is 18.0. The van der Waals surface area contributed by atoms with E-state index >= 15 is 0 Å². The fourth-order valence-electron chi connectivity index (χ4n) is 1.09. The van der Waals surface area contributed by atoms with Crippen molar-refractivity contribution in [2.24, 2.45) is 11.8 Å². The molecular weight excluding hydrogens is 394 g/mol. The molecule has 0 aliphatic rings. The summed E-state index contributed by atoms with van der Waals surface area (Å²) < 4.78 is 108. The maximum Gasteiger partial charge on any atom is 0.400 e. The Bertz CT molecular complexity index is 249. The fraction of sp³-hybridized carbons (Fsp3) is 1.00. The van der Waals surface area contributed by atoms with E-state index in [1.165, 1.54) is 0 Å². The third kappa shape index (κ3) is 5.39. The second-order valence-electron chi connectivity index (χ2n) is 3.72. The molecule has 2 atom stereocenters. The summed E-state index contributed by atoms with van der Waals surface area (Å²) >= 11 is 0.968. The van der Waals surface area contributed by atoms with E-state index in [1.807, 2.05) is 0 Å². The molecule has 0 rings (SSSR count). The third-order valence-electron chi connectivity index (χ3n) is 2.31. The minimum atomic E-state index is -5.60. The van der Waals surface area contributed by atoms with Crippen LogP contribution in [0.5, 0.6) is 0 Å². The first kappa shape index (κ1) is 18.1. The Hall–Kier alpha value is 0.1000. The summed E-state index contributed by atoms with van der Waals surface area (Å²) in [6.45, 7) is 0.556.